The molecule has 1 aromatic carbocycles. The van der Waals surface area contributed by atoms with E-state index in [1.807, 2.05) is 0 Å². The Hall–Kier alpha value is -1.92. The molecule has 0 bridgehead atoms. The van der Waals surface area contributed by atoms with Gasteiger partial charge in [-0.2, -0.15) is 0 Å². The molecule has 2 rings (SSSR count). The number of benzene rings is 1. The zero-order chi connectivity index (χ0) is 17.9. The van der Waals surface area contributed by atoms with Crippen molar-refractivity contribution in [3.05, 3.63) is 23.8 Å². The first-order chi connectivity index (χ1) is 11.2. The molecule has 0 atom stereocenters. The average Bonchev–Trinajstić information content (AvgIpc) is 2.45. The van der Waals surface area contributed by atoms with Crippen LogP contribution in [0.3, 0.4) is 0 Å². The molecule has 0 heterocycles. The van der Waals surface area contributed by atoms with Crippen LogP contribution in [-0.2, 0) is 4.79 Å². The van der Waals surface area contributed by atoms with Crippen LogP contribution in [-0.4, -0.2) is 23.5 Å². The number of aliphatic carboxylic acids is 1. The molecule has 0 spiro atoms. The van der Waals surface area contributed by atoms with E-state index < -0.39 is 12.3 Å². The summed E-state index contributed by atoms with van der Waals surface area (Å²) in [4.78, 5) is 11.0. The standard InChI is InChI=1S/C17H21F3O4/c1-10(2)23-15-9-13(24-17(18,19)20)7-8-14(15)11-3-5-12(6-4-11)16(21)22/h7-12H,3-6H2,1-2H3,(H,21,22). The third-order valence-electron chi connectivity index (χ3n) is 4.10. The van der Waals surface area contributed by atoms with Gasteiger partial charge in [-0.25, -0.2) is 0 Å². The Balaban J connectivity index is 2.20. The fourth-order valence-electron chi connectivity index (χ4n) is 3.06. The zero-order valence-corrected chi connectivity index (χ0v) is 13.6. The maximum absolute atomic E-state index is 12.4. The maximum Gasteiger partial charge on any atom is 0.573 e. The summed E-state index contributed by atoms with van der Waals surface area (Å²) in [6.45, 7) is 3.59. The van der Waals surface area contributed by atoms with Crippen LogP contribution >= 0.6 is 0 Å². The highest BCUT2D eigenvalue weighted by Gasteiger charge is 2.32. The third kappa shape index (κ3) is 5.04. The summed E-state index contributed by atoms with van der Waals surface area (Å²) in [6.07, 6.45) is -2.49. The third-order valence-corrected chi connectivity index (χ3v) is 4.10. The van der Waals surface area contributed by atoms with Crippen LogP contribution in [0.4, 0.5) is 13.2 Å². The van der Waals surface area contributed by atoms with Gasteiger partial charge in [-0.05, 0) is 57.1 Å². The Kier molecular flexibility index (Phi) is 5.62. The SMILES string of the molecule is CC(C)Oc1cc(OC(F)(F)F)ccc1C1CCC(C(=O)O)CC1. The molecule has 7 heteroatoms. The van der Waals surface area contributed by atoms with Crippen molar-refractivity contribution in [2.45, 2.75) is 57.9 Å². The monoisotopic (exact) mass is 346 g/mol. The summed E-state index contributed by atoms with van der Waals surface area (Å²) < 4.78 is 46.8. The fourth-order valence-corrected chi connectivity index (χ4v) is 3.06. The van der Waals surface area contributed by atoms with Gasteiger partial charge in [0.25, 0.3) is 0 Å². The van der Waals surface area contributed by atoms with Crippen LogP contribution in [0.15, 0.2) is 18.2 Å². The summed E-state index contributed by atoms with van der Waals surface area (Å²) >= 11 is 0. The van der Waals surface area contributed by atoms with Crippen molar-refractivity contribution in [2.24, 2.45) is 5.92 Å². The van der Waals surface area contributed by atoms with Gasteiger partial charge in [-0.3, -0.25) is 4.79 Å². The molecule has 4 nitrogen and oxygen atoms in total. The number of carboxylic acids is 1. The lowest BCUT2D eigenvalue weighted by atomic mass is 9.78. The first-order valence-corrected chi connectivity index (χ1v) is 7.95. The highest BCUT2D eigenvalue weighted by atomic mass is 19.4. The molecule has 1 aliphatic carbocycles. The number of alkyl halides is 3. The van der Waals surface area contributed by atoms with Gasteiger partial charge >= 0.3 is 12.3 Å². The van der Waals surface area contributed by atoms with E-state index in [9.17, 15) is 18.0 Å². The van der Waals surface area contributed by atoms with Crippen molar-refractivity contribution in [1.29, 1.82) is 0 Å². The van der Waals surface area contributed by atoms with E-state index in [0.717, 1.165) is 5.56 Å². The van der Waals surface area contributed by atoms with Crippen LogP contribution in [0.1, 0.15) is 51.0 Å². The minimum atomic E-state index is -4.75. The van der Waals surface area contributed by atoms with E-state index in [0.29, 0.717) is 31.4 Å². The second kappa shape index (κ2) is 7.32. The summed E-state index contributed by atoms with van der Waals surface area (Å²) in [5.41, 5.74) is 0.807. The molecule has 1 fully saturated rings. The van der Waals surface area contributed by atoms with Crippen LogP contribution in [0.2, 0.25) is 0 Å². The number of halogens is 3. The maximum atomic E-state index is 12.4. The number of rotatable bonds is 5. The van der Waals surface area contributed by atoms with Crippen LogP contribution < -0.4 is 9.47 Å². The normalized spacial score (nSPS) is 21.6. The Bertz CT molecular complexity index is 576. The molecule has 1 aliphatic rings. The van der Waals surface area contributed by atoms with Gasteiger partial charge in [0.05, 0.1) is 12.0 Å². The van der Waals surface area contributed by atoms with E-state index in [-0.39, 0.29) is 23.7 Å². The Morgan fingerprint density at radius 2 is 1.83 bits per heavy atom. The Morgan fingerprint density at radius 3 is 2.33 bits per heavy atom. The smallest absolute Gasteiger partial charge is 0.491 e. The molecule has 1 aromatic rings. The second-order valence-corrected chi connectivity index (χ2v) is 6.30. The lowest BCUT2D eigenvalue weighted by Gasteiger charge is -2.28. The van der Waals surface area contributed by atoms with Crippen molar-refractivity contribution >= 4 is 5.97 Å². The predicted molar refractivity (Wildman–Crippen MR) is 81.2 cm³/mol. The summed E-state index contributed by atoms with van der Waals surface area (Å²) in [6, 6.07) is 4.12. The van der Waals surface area contributed by atoms with E-state index >= 15 is 0 Å². The fraction of sp³-hybridized carbons (Fsp3) is 0.588. The minimum absolute atomic E-state index is 0.0780. The van der Waals surface area contributed by atoms with E-state index in [2.05, 4.69) is 4.74 Å². The van der Waals surface area contributed by atoms with Crippen molar-refractivity contribution in [3.8, 4) is 11.5 Å². The lowest BCUT2D eigenvalue weighted by molar-refractivity contribution is -0.274. The summed E-state index contributed by atoms with van der Waals surface area (Å²) in [5, 5.41) is 9.07. The molecule has 0 aromatic heterocycles. The Morgan fingerprint density at radius 1 is 1.21 bits per heavy atom. The molecule has 0 saturated heterocycles. The van der Waals surface area contributed by atoms with Crippen molar-refractivity contribution in [2.75, 3.05) is 0 Å². The van der Waals surface area contributed by atoms with Crippen LogP contribution in [0.5, 0.6) is 11.5 Å². The predicted octanol–water partition coefficient (Wildman–Crippen LogP) is 4.73. The summed E-state index contributed by atoms with van der Waals surface area (Å²) in [7, 11) is 0. The van der Waals surface area contributed by atoms with Crippen molar-refractivity contribution in [1.82, 2.24) is 0 Å². The molecule has 0 radical (unpaired) electrons. The van der Waals surface area contributed by atoms with Gasteiger partial charge in [-0.1, -0.05) is 6.07 Å². The van der Waals surface area contributed by atoms with Gasteiger partial charge in [0, 0.05) is 6.07 Å². The van der Waals surface area contributed by atoms with Gasteiger partial charge in [0.15, 0.2) is 0 Å². The topological polar surface area (TPSA) is 55.8 Å². The minimum Gasteiger partial charge on any atom is -0.491 e. The highest BCUT2D eigenvalue weighted by Crippen LogP contribution is 2.41. The van der Waals surface area contributed by atoms with Gasteiger partial charge < -0.3 is 14.6 Å². The van der Waals surface area contributed by atoms with Crippen molar-refractivity contribution < 1.29 is 32.5 Å². The van der Waals surface area contributed by atoms with E-state index in [1.165, 1.54) is 12.1 Å². The number of carbonyl (C=O) groups is 1. The molecule has 0 amide bonds. The van der Waals surface area contributed by atoms with E-state index in [4.69, 9.17) is 9.84 Å². The van der Waals surface area contributed by atoms with Crippen molar-refractivity contribution in [3.63, 3.8) is 0 Å². The largest absolute Gasteiger partial charge is 0.573 e. The zero-order valence-electron chi connectivity index (χ0n) is 13.6. The van der Waals surface area contributed by atoms with E-state index in [1.54, 1.807) is 19.9 Å². The quantitative estimate of drug-likeness (QED) is 0.837. The molecule has 0 aliphatic heterocycles. The molecule has 24 heavy (non-hydrogen) atoms. The number of carboxylic acid groups (broad SMARTS) is 1. The van der Waals surface area contributed by atoms with Gasteiger partial charge in [0.1, 0.15) is 11.5 Å². The first kappa shape index (κ1) is 18.4. The van der Waals surface area contributed by atoms with Gasteiger partial charge in [-0.15, -0.1) is 13.2 Å². The Labute approximate surface area is 138 Å². The molecule has 0 unspecified atom stereocenters. The average molecular weight is 346 g/mol. The first-order valence-electron chi connectivity index (χ1n) is 7.95. The molecule has 1 saturated carbocycles. The summed E-state index contributed by atoms with van der Waals surface area (Å²) in [5.74, 6) is -1.01. The molecular formula is C17H21F3O4. The highest BCUT2D eigenvalue weighted by molar-refractivity contribution is 5.70. The lowest BCUT2D eigenvalue weighted by Crippen LogP contribution is -2.21. The number of hydrogen-bond acceptors (Lipinski definition) is 3. The number of ether oxygens (including phenoxy) is 2. The second-order valence-electron chi connectivity index (χ2n) is 6.30. The van der Waals surface area contributed by atoms with Crippen LogP contribution in [0.25, 0.3) is 0 Å². The molecule has 134 valence electrons. The number of hydrogen-bond donors (Lipinski definition) is 1. The van der Waals surface area contributed by atoms with Crippen LogP contribution in [0, 0.1) is 5.92 Å². The molecule has 1 N–H and O–H groups in total. The van der Waals surface area contributed by atoms with Gasteiger partial charge in [0.2, 0.25) is 0 Å². The molecular weight excluding hydrogens is 325 g/mol.